The lowest BCUT2D eigenvalue weighted by molar-refractivity contribution is -0.276. The minimum atomic E-state index is -5.17. The second kappa shape index (κ2) is 10.8. The van der Waals surface area contributed by atoms with Crippen LogP contribution in [-0.4, -0.2) is 48.0 Å². The molecule has 1 heterocycles. The van der Waals surface area contributed by atoms with Crippen LogP contribution in [0.25, 0.3) is 0 Å². The molecule has 206 valence electrons. The summed E-state index contributed by atoms with van der Waals surface area (Å²) in [6, 6.07) is 4.27. The van der Waals surface area contributed by atoms with Gasteiger partial charge in [-0.2, -0.15) is 26.3 Å². The molecule has 0 radical (unpaired) electrons. The lowest BCUT2D eigenvalue weighted by Crippen LogP contribution is -2.49. The molecule has 0 aliphatic carbocycles. The molecule has 0 bridgehead atoms. The van der Waals surface area contributed by atoms with Crippen LogP contribution in [0.2, 0.25) is 5.02 Å². The van der Waals surface area contributed by atoms with Crippen molar-refractivity contribution >= 4 is 29.1 Å². The van der Waals surface area contributed by atoms with Crippen molar-refractivity contribution in [1.82, 2.24) is 10.6 Å². The van der Waals surface area contributed by atoms with Gasteiger partial charge in [-0.15, -0.1) is 0 Å². The van der Waals surface area contributed by atoms with Crippen molar-refractivity contribution in [3.05, 3.63) is 69.2 Å². The molecule has 0 fully saturated rings. The first-order valence-electron chi connectivity index (χ1n) is 11.1. The van der Waals surface area contributed by atoms with Crippen LogP contribution in [0, 0.1) is 6.92 Å². The van der Waals surface area contributed by atoms with Gasteiger partial charge in [0.05, 0.1) is 17.9 Å². The Kier molecular flexibility index (Phi) is 8.32. The highest BCUT2D eigenvalue weighted by molar-refractivity contribution is 6.30. The van der Waals surface area contributed by atoms with Crippen molar-refractivity contribution in [3.8, 4) is 0 Å². The summed E-state index contributed by atoms with van der Waals surface area (Å²) in [6.07, 6.45) is -11.1. The molecule has 2 atom stereocenters. The predicted octanol–water partition coefficient (Wildman–Crippen LogP) is 4.48. The zero-order valence-electron chi connectivity index (χ0n) is 19.9. The standard InChI is InChI=1S/C24H22ClF6N3O4/c1-3-32-21(37)19(11-35)33-20(36)17-5-4-13(6-12(17)2)18-10-22(38-34-18,24(29,30)31)14-7-15(23(26,27)28)9-16(25)8-14/h4-9,19,35H,3,10-11H2,1-2H3,(H,32,37)(H,33,36)/t19-,22?/m1/s1. The number of hydrogen-bond donors (Lipinski definition) is 3. The molecular formula is C24H22ClF6N3O4. The van der Waals surface area contributed by atoms with Gasteiger partial charge in [-0.25, -0.2) is 0 Å². The molecule has 1 aliphatic rings. The SMILES string of the molecule is CCNC(=O)[C@@H](CO)NC(=O)c1ccc(C2=NOC(c3cc(Cl)cc(C(F)(F)F)c3)(C(F)(F)F)C2)cc1C. The van der Waals surface area contributed by atoms with E-state index in [0.29, 0.717) is 17.7 Å². The average Bonchev–Trinajstić information content (AvgIpc) is 3.28. The van der Waals surface area contributed by atoms with Gasteiger partial charge in [0.2, 0.25) is 5.91 Å². The van der Waals surface area contributed by atoms with Crippen LogP contribution in [0.4, 0.5) is 26.3 Å². The summed E-state index contributed by atoms with van der Waals surface area (Å²) >= 11 is 5.71. The summed E-state index contributed by atoms with van der Waals surface area (Å²) in [5, 5.41) is 17.2. The summed E-state index contributed by atoms with van der Waals surface area (Å²) in [4.78, 5) is 29.4. The first-order chi connectivity index (χ1) is 17.6. The third-order valence-electron chi connectivity index (χ3n) is 5.84. The Labute approximate surface area is 217 Å². The van der Waals surface area contributed by atoms with E-state index in [4.69, 9.17) is 16.4 Å². The molecule has 0 aromatic heterocycles. The number of rotatable bonds is 7. The van der Waals surface area contributed by atoms with E-state index in [2.05, 4.69) is 15.8 Å². The van der Waals surface area contributed by atoms with Gasteiger partial charge in [0.1, 0.15) is 6.04 Å². The third-order valence-corrected chi connectivity index (χ3v) is 6.06. The van der Waals surface area contributed by atoms with E-state index < -0.39 is 65.0 Å². The molecule has 0 saturated carbocycles. The number of aliphatic hydroxyl groups is 1. The maximum Gasteiger partial charge on any atom is 0.435 e. The van der Waals surface area contributed by atoms with Crippen molar-refractivity contribution in [2.24, 2.45) is 5.16 Å². The van der Waals surface area contributed by atoms with Gasteiger partial charge >= 0.3 is 12.4 Å². The Morgan fingerprint density at radius 2 is 1.84 bits per heavy atom. The Morgan fingerprint density at radius 1 is 1.16 bits per heavy atom. The molecule has 1 aliphatic heterocycles. The fraction of sp³-hybridized carbons (Fsp3) is 0.375. The fourth-order valence-corrected chi connectivity index (χ4v) is 4.11. The van der Waals surface area contributed by atoms with E-state index in [9.17, 15) is 41.0 Å². The van der Waals surface area contributed by atoms with E-state index in [-0.39, 0.29) is 23.4 Å². The quantitative estimate of drug-likeness (QED) is 0.431. The monoisotopic (exact) mass is 565 g/mol. The van der Waals surface area contributed by atoms with Crippen LogP contribution >= 0.6 is 11.6 Å². The summed E-state index contributed by atoms with van der Waals surface area (Å²) in [5.74, 6) is -1.32. The number of alkyl halides is 6. The molecule has 3 rings (SSSR count). The lowest BCUT2D eigenvalue weighted by atomic mass is 9.85. The Morgan fingerprint density at radius 3 is 2.39 bits per heavy atom. The fourth-order valence-electron chi connectivity index (χ4n) is 3.87. The second-order valence-electron chi connectivity index (χ2n) is 8.49. The molecule has 38 heavy (non-hydrogen) atoms. The number of benzene rings is 2. The molecule has 14 heteroatoms. The highest BCUT2D eigenvalue weighted by Crippen LogP contribution is 2.50. The summed E-state index contributed by atoms with van der Waals surface area (Å²) < 4.78 is 82.5. The van der Waals surface area contributed by atoms with Gasteiger partial charge in [0.15, 0.2) is 0 Å². The van der Waals surface area contributed by atoms with Crippen molar-refractivity contribution in [2.75, 3.05) is 13.2 Å². The molecule has 0 spiro atoms. The van der Waals surface area contributed by atoms with Crippen molar-refractivity contribution < 1.29 is 45.9 Å². The van der Waals surface area contributed by atoms with Gasteiger partial charge in [-0.3, -0.25) is 9.59 Å². The summed E-state index contributed by atoms with van der Waals surface area (Å²) in [7, 11) is 0. The van der Waals surface area contributed by atoms with Crippen LogP contribution in [-0.2, 0) is 21.4 Å². The number of aliphatic hydroxyl groups excluding tert-OH is 1. The van der Waals surface area contributed by atoms with Crippen molar-refractivity contribution in [2.45, 2.75) is 44.3 Å². The lowest BCUT2D eigenvalue weighted by Gasteiger charge is -2.30. The molecule has 0 saturated heterocycles. The number of aryl methyl sites for hydroxylation is 1. The Hall–Kier alpha value is -3.32. The molecular weight excluding hydrogens is 544 g/mol. The number of carbonyl (C=O) groups is 2. The van der Waals surface area contributed by atoms with Gasteiger partial charge in [-0.05, 0) is 55.3 Å². The van der Waals surface area contributed by atoms with Gasteiger partial charge in [-0.1, -0.05) is 22.8 Å². The topological polar surface area (TPSA) is 100 Å². The first-order valence-corrected chi connectivity index (χ1v) is 11.5. The van der Waals surface area contributed by atoms with Crippen LogP contribution in [0.5, 0.6) is 0 Å². The zero-order chi connectivity index (χ0) is 28.5. The van der Waals surface area contributed by atoms with Crippen LogP contribution in [0.3, 0.4) is 0 Å². The van der Waals surface area contributed by atoms with Gasteiger partial charge < -0.3 is 20.6 Å². The number of hydrogen-bond acceptors (Lipinski definition) is 5. The van der Waals surface area contributed by atoms with E-state index in [1.54, 1.807) is 6.92 Å². The zero-order valence-corrected chi connectivity index (χ0v) is 20.7. The largest absolute Gasteiger partial charge is 0.435 e. The maximum atomic E-state index is 14.2. The second-order valence-corrected chi connectivity index (χ2v) is 8.93. The predicted molar refractivity (Wildman–Crippen MR) is 125 cm³/mol. The molecule has 1 unspecified atom stereocenters. The van der Waals surface area contributed by atoms with Crippen LogP contribution < -0.4 is 10.6 Å². The summed E-state index contributed by atoms with van der Waals surface area (Å²) in [5.41, 5.74) is -5.19. The average molecular weight is 566 g/mol. The minimum absolute atomic E-state index is 0.0720. The van der Waals surface area contributed by atoms with E-state index in [1.165, 1.54) is 25.1 Å². The molecule has 2 aromatic carbocycles. The summed E-state index contributed by atoms with van der Waals surface area (Å²) in [6.45, 7) is 2.75. The van der Waals surface area contributed by atoms with Crippen molar-refractivity contribution in [1.29, 1.82) is 0 Å². The van der Waals surface area contributed by atoms with Crippen LogP contribution in [0.1, 0.15) is 46.0 Å². The number of likely N-dealkylation sites (N-methyl/N-ethyl adjacent to an activating group) is 1. The smallest absolute Gasteiger partial charge is 0.394 e. The van der Waals surface area contributed by atoms with E-state index >= 15 is 0 Å². The Balaban J connectivity index is 1.90. The number of nitrogens with one attached hydrogen (secondary N) is 2. The van der Waals surface area contributed by atoms with Gasteiger partial charge in [0, 0.05) is 29.1 Å². The molecule has 2 amide bonds. The van der Waals surface area contributed by atoms with Crippen LogP contribution in [0.15, 0.2) is 41.6 Å². The first kappa shape index (κ1) is 29.2. The van der Waals surface area contributed by atoms with Gasteiger partial charge in [0.25, 0.3) is 11.5 Å². The molecule has 2 aromatic rings. The highest BCUT2D eigenvalue weighted by Gasteiger charge is 2.62. The molecule has 7 nitrogen and oxygen atoms in total. The number of nitrogens with zero attached hydrogens (tertiary/aromatic N) is 1. The Bertz CT molecular complexity index is 1260. The normalized spacial score (nSPS) is 18.4. The molecule has 3 N–H and O–H groups in total. The maximum absolute atomic E-state index is 14.2. The van der Waals surface area contributed by atoms with E-state index in [0.717, 1.165) is 6.07 Å². The number of halogens is 7. The van der Waals surface area contributed by atoms with E-state index in [1.807, 2.05) is 0 Å². The number of carbonyl (C=O) groups excluding carboxylic acids is 2. The number of oxime groups is 1. The highest BCUT2D eigenvalue weighted by atomic mass is 35.5. The number of amides is 2. The minimum Gasteiger partial charge on any atom is -0.394 e. The third kappa shape index (κ3) is 5.88. The van der Waals surface area contributed by atoms with Crippen molar-refractivity contribution in [3.63, 3.8) is 0 Å².